The number of ether oxygens (including phenoxy) is 3. The Morgan fingerprint density at radius 1 is 1.25 bits per heavy atom. The zero-order chi connectivity index (χ0) is 16.9. The molecule has 0 radical (unpaired) electrons. The van der Waals surface area contributed by atoms with Crippen molar-refractivity contribution in [2.24, 2.45) is 0 Å². The minimum Gasteiger partial charge on any atom is -0.421 e. The maximum absolute atomic E-state index is 11.8. The van der Waals surface area contributed by atoms with Crippen LogP contribution in [0.1, 0.15) is 19.4 Å². The van der Waals surface area contributed by atoms with Crippen molar-refractivity contribution >= 4 is 34.4 Å². The molecule has 1 aromatic rings. The van der Waals surface area contributed by atoms with Crippen LogP contribution in [-0.4, -0.2) is 47.0 Å². The molecular weight excluding hydrogens is 383 g/mol. The second-order valence-corrected chi connectivity index (χ2v) is 7.21. The fourth-order valence-corrected chi connectivity index (χ4v) is 3.22. The van der Waals surface area contributed by atoms with Crippen LogP contribution < -0.4 is 51.4 Å². The zero-order valence-electron chi connectivity index (χ0n) is 13.8. The number of rotatable bonds is 8. The van der Waals surface area contributed by atoms with Gasteiger partial charge in [0.15, 0.2) is 11.1 Å². The third-order valence-corrected chi connectivity index (χ3v) is 4.47. The molecule has 2 rings (SSSR count). The Morgan fingerprint density at radius 2 is 1.92 bits per heavy atom. The van der Waals surface area contributed by atoms with Crippen molar-refractivity contribution in [3.05, 3.63) is 22.4 Å². The van der Waals surface area contributed by atoms with Crippen LogP contribution in [0.3, 0.4) is 0 Å². The molecule has 128 valence electrons. The van der Waals surface area contributed by atoms with E-state index < -0.39 is 34.9 Å². The van der Waals surface area contributed by atoms with Gasteiger partial charge in [0.05, 0.1) is 19.0 Å². The summed E-state index contributed by atoms with van der Waals surface area (Å²) in [4.78, 5) is 23.3. The van der Waals surface area contributed by atoms with Gasteiger partial charge in [-0.25, -0.2) is 13.8 Å². The zero-order valence-corrected chi connectivity index (χ0v) is 18.6. The molecule has 0 N–H and O–H groups in total. The molecule has 1 aliphatic heterocycles. The maximum Gasteiger partial charge on any atom is 1.00 e. The number of cyclic esters (lactones) is 2. The summed E-state index contributed by atoms with van der Waals surface area (Å²) >= 11 is -0.232. The number of hydrogen-bond acceptors (Lipinski definition) is 8. The molecule has 0 aromatic carbocycles. The summed E-state index contributed by atoms with van der Waals surface area (Å²) in [5.41, 5.74) is 1.18. The molecule has 0 amide bonds. The summed E-state index contributed by atoms with van der Waals surface area (Å²) in [6.45, 7) is 3.54. The predicted octanol–water partition coefficient (Wildman–Crippen LogP) is -1.80. The molecular formula is C14H18KO7S2+. The molecule has 0 aliphatic carbocycles. The average Bonchev–Trinajstić information content (AvgIpc) is 2.95. The van der Waals surface area contributed by atoms with Gasteiger partial charge in [-0.05, 0) is 28.8 Å². The summed E-state index contributed by atoms with van der Waals surface area (Å²) < 4.78 is 31.8. The smallest absolute Gasteiger partial charge is 0.421 e. The second-order valence-electron chi connectivity index (χ2n) is 5.22. The van der Waals surface area contributed by atoms with Crippen LogP contribution in [0.15, 0.2) is 16.8 Å². The monoisotopic (exact) mass is 401 g/mol. The van der Waals surface area contributed by atoms with Crippen molar-refractivity contribution in [2.45, 2.75) is 32.2 Å². The SMILES string of the molecule is CC1(C)OC(=O)C(OS(=O)CCOCCc2ccsc2)C(=O)O1.[K+]. The van der Waals surface area contributed by atoms with Gasteiger partial charge >= 0.3 is 63.3 Å². The molecule has 1 fully saturated rings. The quantitative estimate of drug-likeness (QED) is 0.220. The number of hydrogen-bond donors (Lipinski definition) is 0. The number of esters is 2. The van der Waals surface area contributed by atoms with Crippen molar-refractivity contribution in [1.29, 1.82) is 0 Å². The van der Waals surface area contributed by atoms with Crippen molar-refractivity contribution in [2.75, 3.05) is 19.0 Å². The Labute approximate surface area is 189 Å². The van der Waals surface area contributed by atoms with E-state index in [0.717, 1.165) is 6.42 Å². The van der Waals surface area contributed by atoms with Gasteiger partial charge in [0.2, 0.25) is 0 Å². The Morgan fingerprint density at radius 3 is 2.50 bits per heavy atom. The van der Waals surface area contributed by atoms with Gasteiger partial charge in [0, 0.05) is 13.8 Å². The van der Waals surface area contributed by atoms with Crippen molar-refractivity contribution < 1.29 is 83.6 Å². The molecule has 1 atom stereocenters. The minimum absolute atomic E-state index is 0. The van der Waals surface area contributed by atoms with Crippen LogP contribution in [0.2, 0.25) is 0 Å². The fourth-order valence-electron chi connectivity index (χ4n) is 1.80. The van der Waals surface area contributed by atoms with E-state index in [2.05, 4.69) is 0 Å². The van der Waals surface area contributed by atoms with Gasteiger partial charge in [-0.2, -0.15) is 11.3 Å². The Hall–Kier alpha value is 0.346. The van der Waals surface area contributed by atoms with Crippen molar-refractivity contribution in [3.8, 4) is 0 Å². The molecule has 1 unspecified atom stereocenters. The molecule has 1 aliphatic rings. The first-order chi connectivity index (χ1) is 10.9. The molecule has 1 saturated heterocycles. The summed E-state index contributed by atoms with van der Waals surface area (Å²) in [5.74, 6) is -3.10. The van der Waals surface area contributed by atoms with Crippen LogP contribution in [0, 0.1) is 0 Å². The normalized spacial score (nSPS) is 18.4. The first-order valence-electron chi connectivity index (χ1n) is 6.97. The Bertz CT molecular complexity index is 554. The van der Waals surface area contributed by atoms with Gasteiger partial charge < -0.3 is 14.2 Å². The third kappa shape index (κ3) is 7.30. The van der Waals surface area contributed by atoms with E-state index in [1.807, 2.05) is 16.8 Å². The standard InChI is InChI=1S/C14H18O7S2.K/c1-14(2)19-12(15)11(13(16)20-14)21-23(17)8-6-18-5-3-10-4-7-22-9-10;/h4,7,9,11H,3,5-6,8H2,1-2H3;/q;+1. The van der Waals surface area contributed by atoms with E-state index in [9.17, 15) is 13.8 Å². The van der Waals surface area contributed by atoms with Gasteiger partial charge in [-0.1, -0.05) is 0 Å². The topological polar surface area (TPSA) is 88.1 Å². The molecule has 0 bridgehead atoms. The molecule has 24 heavy (non-hydrogen) atoms. The summed E-state index contributed by atoms with van der Waals surface area (Å²) in [6.07, 6.45) is -0.845. The van der Waals surface area contributed by atoms with Crippen LogP contribution in [0.5, 0.6) is 0 Å². The number of carbonyl (C=O) groups excluding carboxylic acids is 2. The van der Waals surface area contributed by atoms with Gasteiger partial charge in [-0.15, -0.1) is 0 Å². The first-order valence-corrected chi connectivity index (χ1v) is 9.16. The van der Waals surface area contributed by atoms with Crippen LogP contribution in [0.4, 0.5) is 0 Å². The van der Waals surface area contributed by atoms with E-state index in [1.165, 1.54) is 19.4 Å². The second kappa shape index (κ2) is 10.5. The largest absolute Gasteiger partial charge is 1.00 e. The Kier molecular flexibility index (Phi) is 9.78. The number of thiophene rings is 1. The van der Waals surface area contributed by atoms with Gasteiger partial charge in [0.25, 0.3) is 11.9 Å². The van der Waals surface area contributed by atoms with Crippen LogP contribution in [-0.2, 0) is 45.5 Å². The molecule has 1 aromatic heterocycles. The van der Waals surface area contributed by atoms with E-state index in [1.54, 1.807) is 11.3 Å². The minimum atomic E-state index is -1.85. The molecule has 10 heteroatoms. The first kappa shape index (κ1) is 22.4. The van der Waals surface area contributed by atoms with Crippen molar-refractivity contribution in [3.63, 3.8) is 0 Å². The molecule has 2 heterocycles. The van der Waals surface area contributed by atoms with E-state index in [-0.39, 0.29) is 63.7 Å². The number of carbonyl (C=O) groups is 2. The molecule has 0 saturated carbocycles. The fraction of sp³-hybridized carbons (Fsp3) is 0.571. The van der Waals surface area contributed by atoms with Gasteiger partial charge in [-0.3, -0.25) is 4.18 Å². The van der Waals surface area contributed by atoms with E-state index in [0.29, 0.717) is 6.61 Å². The average molecular weight is 402 g/mol. The predicted molar refractivity (Wildman–Crippen MR) is 83.0 cm³/mol. The van der Waals surface area contributed by atoms with Crippen molar-refractivity contribution in [1.82, 2.24) is 0 Å². The van der Waals surface area contributed by atoms with E-state index >= 15 is 0 Å². The molecule has 7 nitrogen and oxygen atoms in total. The van der Waals surface area contributed by atoms with Crippen LogP contribution in [0.25, 0.3) is 0 Å². The summed E-state index contributed by atoms with van der Waals surface area (Å²) in [6, 6.07) is 2.01. The van der Waals surface area contributed by atoms with Crippen LogP contribution >= 0.6 is 11.3 Å². The van der Waals surface area contributed by atoms with Gasteiger partial charge in [0.1, 0.15) is 0 Å². The summed E-state index contributed by atoms with van der Waals surface area (Å²) in [5, 5.41) is 4.02. The Balaban J connectivity index is 0.00000288. The summed E-state index contributed by atoms with van der Waals surface area (Å²) in [7, 11) is 0. The third-order valence-electron chi connectivity index (χ3n) is 2.83. The maximum atomic E-state index is 11.8. The van der Waals surface area contributed by atoms with E-state index in [4.69, 9.17) is 18.4 Å². The molecule has 0 spiro atoms.